The van der Waals surface area contributed by atoms with Gasteiger partial charge in [-0.3, -0.25) is 9.79 Å². The van der Waals surface area contributed by atoms with Gasteiger partial charge in [0.1, 0.15) is 5.82 Å². The van der Waals surface area contributed by atoms with Crippen molar-refractivity contribution in [1.82, 2.24) is 15.6 Å². The fraction of sp³-hybridized carbons (Fsp3) is 0.350. The summed E-state index contributed by atoms with van der Waals surface area (Å²) in [6, 6.07) is 13.8. The lowest BCUT2D eigenvalue weighted by Gasteiger charge is -2.19. The Kier molecular flexibility index (Phi) is 5.90. The zero-order chi connectivity index (χ0) is 19.2. The van der Waals surface area contributed by atoms with Crippen LogP contribution in [0, 0.1) is 0 Å². The van der Waals surface area contributed by atoms with Crippen LogP contribution in [0.25, 0.3) is 0 Å². The second-order valence-corrected chi connectivity index (χ2v) is 6.73. The van der Waals surface area contributed by atoms with Gasteiger partial charge in [0.2, 0.25) is 5.91 Å². The molecular weight excluding hydrogens is 340 g/mol. The molecule has 0 spiro atoms. The van der Waals surface area contributed by atoms with E-state index in [2.05, 4.69) is 20.6 Å². The Hall–Kier alpha value is -3.09. The number of nitrogens with zero attached hydrogens (tertiary/aromatic N) is 4. The summed E-state index contributed by atoms with van der Waals surface area (Å²) in [5.41, 5.74) is 2.05. The van der Waals surface area contributed by atoms with E-state index >= 15 is 0 Å². The highest BCUT2D eigenvalue weighted by molar-refractivity contribution is 5.97. The number of anilines is 2. The average Bonchev–Trinajstić information content (AvgIpc) is 3.06. The normalized spacial score (nSPS) is 17.1. The van der Waals surface area contributed by atoms with Crippen LogP contribution in [-0.4, -0.2) is 50.6 Å². The second-order valence-electron chi connectivity index (χ2n) is 6.73. The summed E-state index contributed by atoms with van der Waals surface area (Å²) in [6.45, 7) is 1.26. The quantitative estimate of drug-likeness (QED) is 0.621. The number of amides is 1. The first-order valence-electron chi connectivity index (χ1n) is 9.01. The van der Waals surface area contributed by atoms with Crippen LogP contribution < -0.4 is 20.4 Å². The lowest BCUT2D eigenvalue weighted by atomic mass is 10.2. The lowest BCUT2D eigenvalue weighted by molar-refractivity contribution is -0.117. The van der Waals surface area contributed by atoms with Crippen molar-refractivity contribution in [2.45, 2.75) is 19.0 Å². The van der Waals surface area contributed by atoms with E-state index < -0.39 is 0 Å². The number of pyridine rings is 1. The highest BCUT2D eigenvalue weighted by atomic mass is 16.2. The number of para-hydroxylation sites is 1. The maximum atomic E-state index is 12.3. The van der Waals surface area contributed by atoms with Crippen molar-refractivity contribution in [3.8, 4) is 0 Å². The number of rotatable bonds is 5. The Morgan fingerprint density at radius 3 is 2.78 bits per heavy atom. The van der Waals surface area contributed by atoms with E-state index in [1.807, 2.05) is 66.4 Å². The molecule has 1 amide bonds. The third-order valence-corrected chi connectivity index (χ3v) is 4.49. The fourth-order valence-corrected chi connectivity index (χ4v) is 3.05. The minimum atomic E-state index is 0.0266. The molecular formula is C20H26N6O. The molecule has 1 aromatic heterocycles. The molecule has 1 aliphatic heterocycles. The Labute approximate surface area is 160 Å². The van der Waals surface area contributed by atoms with Crippen molar-refractivity contribution >= 4 is 23.4 Å². The van der Waals surface area contributed by atoms with Gasteiger partial charge in [-0.25, -0.2) is 4.98 Å². The summed E-state index contributed by atoms with van der Waals surface area (Å²) >= 11 is 0. The van der Waals surface area contributed by atoms with Gasteiger partial charge < -0.3 is 20.4 Å². The Morgan fingerprint density at radius 2 is 2.07 bits per heavy atom. The third-order valence-electron chi connectivity index (χ3n) is 4.49. The predicted octanol–water partition coefficient (Wildman–Crippen LogP) is 1.62. The molecule has 1 fully saturated rings. The zero-order valence-corrected chi connectivity index (χ0v) is 16.0. The molecule has 7 heteroatoms. The summed E-state index contributed by atoms with van der Waals surface area (Å²) < 4.78 is 0. The van der Waals surface area contributed by atoms with Gasteiger partial charge in [0.05, 0.1) is 6.04 Å². The van der Waals surface area contributed by atoms with Crippen LogP contribution >= 0.6 is 0 Å². The molecule has 2 N–H and O–H groups in total. The van der Waals surface area contributed by atoms with E-state index in [0.717, 1.165) is 17.1 Å². The molecule has 2 heterocycles. The first kappa shape index (κ1) is 18.7. The van der Waals surface area contributed by atoms with Gasteiger partial charge in [0, 0.05) is 52.5 Å². The van der Waals surface area contributed by atoms with Crippen molar-refractivity contribution in [1.29, 1.82) is 0 Å². The highest BCUT2D eigenvalue weighted by Crippen LogP contribution is 2.21. The minimum absolute atomic E-state index is 0.0266. The number of aromatic nitrogens is 1. The highest BCUT2D eigenvalue weighted by Gasteiger charge is 2.30. The molecule has 0 aliphatic carbocycles. The SMILES string of the molecule is CN=C(NCc1ccnc(N(C)C)c1)NC1CC(=O)N(c2ccccc2)C1. The standard InChI is InChI=1S/C20H26N6O/c1-21-20(23-13-15-9-10-22-18(11-15)25(2)3)24-16-12-19(27)26(14-16)17-7-5-4-6-8-17/h4-11,16H,12-14H2,1-3H3,(H2,21,23,24). The van der Waals surface area contributed by atoms with Crippen molar-refractivity contribution < 1.29 is 4.79 Å². The van der Waals surface area contributed by atoms with Crippen LogP contribution in [0.5, 0.6) is 0 Å². The van der Waals surface area contributed by atoms with Crippen LogP contribution in [0.2, 0.25) is 0 Å². The van der Waals surface area contributed by atoms with Crippen LogP contribution in [0.15, 0.2) is 53.7 Å². The van der Waals surface area contributed by atoms with E-state index in [1.165, 1.54) is 0 Å². The third kappa shape index (κ3) is 4.75. The molecule has 0 bridgehead atoms. The molecule has 7 nitrogen and oxygen atoms in total. The minimum Gasteiger partial charge on any atom is -0.363 e. The number of hydrogen-bond acceptors (Lipinski definition) is 4. The van der Waals surface area contributed by atoms with Crippen LogP contribution in [-0.2, 0) is 11.3 Å². The van der Waals surface area contributed by atoms with Gasteiger partial charge in [-0.2, -0.15) is 0 Å². The van der Waals surface area contributed by atoms with Gasteiger partial charge in [-0.1, -0.05) is 18.2 Å². The molecule has 1 aromatic carbocycles. The number of benzene rings is 1. The van der Waals surface area contributed by atoms with E-state index in [9.17, 15) is 4.79 Å². The summed E-state index contributed by atoms with van der Waals surface area (Å²) in [5.74, 6) is 1.72. The summed E-state index contributed by atoms with van der Waals surface area (Å²) in [7, 11) is 5.67. The molecule has 0 radical (unpaired) electrons. The fourth-order valence-electron chi connectivity index (χ4n) is 3.05. The lowest BCUT2D eigenvalue weighted by Crippen LogP contribution is -2.44. The molecule has 0 saturated carbocycles. The van der Waals surface area contributed by atoms with E-state index in [0.29, 0.717) is 25.5 Å². The largest absolute Gasteiger partial charge is 0.363 e. The van der Waals surface area contributed by atoms with Gasteiger partial charge in [0.15, 0.2) is 5.96 Å². The van der Waals surface area contributed by atoms with E-state index in [-0.39, 0.29) is 11.9 Å². The maximum Gasteiger partial charge on any atom is 0.229 e. The zero-order valence-electron chi connectivity index (χ0n) is 16.0. The molecule has 2 aromatic rings. The molecule has 1 unspecified atom stereocenters. The van der Waals surface area contributed by atoms with Crippen LogP contribution in [0.4, 0.5) is 11.5 Å². The number of aliphatic imine (C=N–C) groups is 1. The van der Waals surface area contributed by atoms with Crippen molar-refractivity contribution in [2.24, 2.45) is 4.99 Å². The molecule has 1 atom stereocenters. The summed E-state index contributed by atoms with van der Waals surface area (Å²) in [4.78, 5) is 24.7. The number of carbonyl (C=O) groups is 1. The summed E-state index contributed by atoms with van der Waals surface area (Å²) in [6.07, 6.45) is 2.26. The number of hydrogen-bond donors (Lipinski definition) is 2. The Bertz CT molecular complexity index is 805. The van der Waals surface area contributed by atoms with Gasteiger partial charge in [-0.15, -0.1) is 0 Å². The Morgan fingerprint density at radius 1 is 1.30 bits per heavy atom. The molecule has 27 heavy (non-hydrogen) atoms. The van der Waals surface area contributed by atoms with Gasteiger partial charge in [-0.05, 0) is 29.8 Å². The predicted molar refractivity (Wildman–Crippen MR) is 109 cm³/mol. The molecule has 142 valence electrons. The topological polar surface area (TPSA) is 72.9 Å². The molecule has 1 aliphatic rings. The molecule has 1 saturated heterocycles. The first-order chi connectivity index (χ1) is 13.1. The first-order valence-corrected chi connectivity index (χ1v) is 9.01. The second kappa shape index (κ2) is 8.53. The number of nitrogens with one attached hydrogen (secondary N) is 2. The van der Waals surface area contributed by atoms with Crippen LogP contribution in [0.1, 0.15) is 12.0 Å². The number of guanidine groups is 1. The van der Waals surface area contributed by atoms with Crippen LogP contribution in [0.3, 0.4) is 0 Å². The van der Waals surface area contributed by atoms with Crippen molar-refractivity contribution in [2.75, 3.05) is 37.5 Å². The maximum absolute atomic E-state index is 12.3. The number of carbonyl (C=O) groups excluding carboxylic acids is 1. The van der Waals surface area contributed by atoms with E-state index in [4.69, 9.17) is 0 Å². The van der Waals surface area contributed by atoms with Gasteiger partial charge in [0.25, 0.3) is 0 Å². The van der Waals surface area contributed by atoms with Gasteiger partial charge >= 0.3 is 0 Å². The summed E-state index contributed by atoms with van der Waals surface area (Å²) in [5, 5.41) is 6.66. The molecule has 3 rings (SSSR count). The smallest absolute Gasteiger partial charge is 0.229 e. The average molecular weight is 366 g/mol. The van der Waals surface area contributed by atoms with Crippen molar-refractivity contribution in [3.63, 3.8) is 0 Å². The Balaban J connectivity index is 1.57. The monoisotopic (exact) mass is 366 g/mol. The van der Waals surface area contributed by atoms with Crippen molar-refractivity contribution in [3.05, 3.63) is 54.2 Å². The van der Waals surface area contributed by atoms with E-state index in [1.54, 1.807) is 13.2 Å².